The lowest BCUT2D eigenvalue weighted by molar-refractivity contribution is 0.199. The van der Waals surface area contributed by atoms with Gasteiger partial charge in [-0.2, -0.15) is 4.98 Å². The molecule has 0 amide bonds. The molecule has 1 aromatic heterocycles. The van der Waals surface area contributed by atoms with Crippen molar-refractivity contribution in [3.05, 3.63) is 41.5 Å². The Morgan fingerprint density at radius 2 is 2.18 bits per heavy atom. The fourth-order valence-electron chi connectivity index (χ4n) is 2.65. The first-order valence-electron chi connectivity index (χ1n) is 7.66. The van der Waals surface area contributed by atoms with Gasteiger partial charge in [0.1, 0.15) is 5.75 Å². The molecular formula is C16H22N4O2. The van der Waals surface area contributed by atoms with Gasteiger partial charge in [0.15, 0.2) is 6.61 Å². The maximum absolute atomic E-state index is 5.66. The van der Waals surface area contributed by atoms with E-state index in [0.29, 0.717) is 24.4 Å². The Morgan fingerprint density at radius 1 is 1.36 bits per heavy atom. The van der Waals surface area contributed by atoms with Crippen molar-refractivity contribution in [1.82, 2.24) is 20.4 Å². The van der Waals surface area contributed by atoms with Crippen molar-refractivity contribution in [2.75, 3.05) is 19.6 Å². The molecule has 118 valence electrons. The molecule has 0 radical (unpaired) electrons. The maximum Gasteiger partial charge on any atom is 0.223 e. The van der Waals surface area contributed by atoms with Gasteiger partial charge < -0.3 is 14.6 Å². The van der Waals surface area contributed by atoms with Gasteiger partial charge in [0.2, 0.25) is 11.7 Å². The van der Waals surface area contributed by atoms with Crippen LogP contribution in [0.15, 0.2) is 28.8 Å². The number of nitrogens with one attached hydrogen (secondary N) is 1. The van der Waals surface area contributed by atoms with E-state index in [1.165, 1.54) is 5.56 Å². The largest absolute Gasteiger partial charge is 0.485 e. The monoisotopic (exact) mass is 302 g/mol. The SMILES string of the molecule is Cc1nc(COc2ccc(CN3CCNC(C)C3)cc2)no1. The van der Waals surface area contributed by atoms with Gasteiger partial charge in [-0.1, -0.05) is 17.3 Å². The van der Waals surface area contributed by atoms with Crippen molar-refractivity contribution < 1.29 is 9.26 Å². The first-order valence-corrected chi connectivity index (χ1v) is 7.66. The van der Waals surface area contributed by atoms with Crippen LogP contribution in [-0.4, -0.2) is 40.7 Å². The third kappa shape index (κ3) is 4.05. The van der Waals surface area contributed by atoms with Crippen molar-refractivity contribution in [2.45, 2.75) is 33.0 Å². The summed E-state index contributed by atoms with van der Waals surface area (Å²) in [5.74, 6) is 1.94. The summed E-state index contributed by atoms with van der Waals surface area (Å²) >= 11 is 0. The van der Waals surface area contributed by atoms with E-state index >= 15 is 0 Å². The lowest BCUT2D eigenvalue weighted by atomic mass is 10.1. The van der Waals surface area contributed by atoms with Gasteiger partial charge in [-0.25, -0.2) is 0 Å². The summed E-state index contributed by atoms with van der Waals surface area (Å²) in [5.41, 5.74) is 1.30. The first-order chi connectivity index (χ1) is 10.7. The zero-order valence-corrected chi connectivity index (χ0v) is 13.1. The number of aromatic nitrogens is 2. The average molecular weight is 302 g/mol. The quantitative estimate of drug-likeness (QED) is 0.908. The number of rotatable bonds is 5. The summed E-state index contributed by atoms with van der Waals surface area (Å²) in [4.78, 5) is 6.58. The van der Waals surface area contributed by atoms with Gasteiger partial charge in [0.25, 0.3) is 0 Å². The van der Waals surface area contributed by atoms with Crippen molar-refractivity contribution in [1.29, 1.82) is 0 Å². The second-order valence-corrected chi connectivity index (χ2v) is 5.75. The number of nitrogens with zero attached hydrogens (tertiary/aromatic N) is 3. The zero-order valence-electron chi connectivity index (χ0n) is 13.1. The van der Waals surface area contributed by atoms with Crippen LogP contribution >= 0.6 is 0 Å². The van der Waals surface area contributed by atoms with E-state index in [0.717, 1.165) is 31.9 Å². The molecule has 0 bridgehead atoms. The highest BCUT2D eigenvalue weighted by atomic mass is 16.5. The van der Waals surface area contributed by atoms with Crippen LogP contribution in [0.2, 0.25) is 0 Å². The molecule has 2 aromatic rings. The lowest BCUT2D eigenvalue weighted by Gasteiger charge is -2.31. The summed E-state index contributed by atoms with van der Waals surface area (Å²) in [5, 5.41) is 7.27. The van der Waals surface area contributed by atoms with Crippen molar-refractivity contribution >= 4 is 0 Å². The number of benzene rings is 1. The Morgan fingerprint density at radius 3 is 2.86 bits per heavy atom. The number of ether oxygens (including phenoxy) is 1. The lowest BCUT2D eigenvalue weighted by Crippen LogP contribution is -2.48. The van der Waals surface area contributed by atoms with Crippen LogP contribution in [0.5, 0.6) is 5.75 Å². The first kappa shape index (κ1) is 15.0. The van der Waals surface area contributed by atoms with Crippen LogP contribution in [0.1, 0.15) is 24.2 Å². The highest BCUT2D eigenvalue weighted by molar-refractivity contribution is 5.27. The molecule has 6 nitrogen and oxygen atoms in total. The van der Waals surface area contributed by atoms with E-state index in [9.17, 15) is 0 Å². The fraction of sp³-hybridized carbons (Fsp3) is 0.500. The molecule has 1 aliphatic heterocycles. The minimum atomic E-state index is 0.325. The van der Waals surface area contributed by atoms with Crippen molar-refractivity contribution in [3.63, 3.8) is 0 Å². The Labute approximate surface area is 130 Å². The highest BCUT2D eigenvalue weighted by Crippen LogP contribution is 2.15. The summed E-state index contributed by atoms with van der Waals surface area (Å²) in [6.07, 6.45) is 0. The van der Waals surface area contributed by atoms with Gasteiger partial charge in [-0.15, -0.1) is 0 Å². The van der Waals surface area contributed by atoms with Crippen LogP contribution in [-0.2, 0) is 13.2 Å². The molecule has 1 fully saturated rings. The minimum Gasteiger partial charge on any atom is -0.485 e. The molecule has 6 heteroatoms. The molecule has 1 aromatic carbocycles. The van der Waals surface area contributed by atoms with E-state index in [4.69, 9.17) is 9.26 Å². The molecule has 1 atom stereocenters. The van der Waals surface area contributed by atoms with Gasteiger partial charge >= 0.3 is 0 Å². The smallest absolute Gasteiger partial charge is 0.223 e. The van der Waals surface area contributed by atoms with Crippen LogP contribution in [0.4, 0.5) is 0 Å². The molecule has 1 saturated heterocycles. The zero-order chi connectivity index (χ0) is 15.4. The van der Waals surface area contributed by atoms with E-state index in [1.807, 2.05) is 12.1 Å². The summed E-state index contributed by atoms with van der Waals surface area (Å²) in [6, 6.07) is 8.78. The standard InChI is InChI=1S/C16H22N4O2/c1-12-9-20(8-7-17-12)10-14-3-5-15(6-4-14)21-11-16-18-13(2)22-19-16/h3-6,12,17H,7-11H2,1-2H3. The predicted molar refractivity (Wildman–Crippen MR) is 82.6 cm³/mol. The predicted octanol–water partition coefficient (Wildman–Crippen LogP) is 1.75. The van der Waals surface area contributed by atoms with E-state index in [2.05, 4.69) is 39.4 Å². The third-order valence-corrected chi connectivity index (χ3v) is 3.72. The molecule has 0 spiro atoms. The number of piperazine rings is 1. The molecule has 22 heavy (non-hydrogen) atoms. The summed E-state index contributed by atoms with van der Waals surface area (Å²) in [6.45, 7) is 8.55. The van der Waals surface area contributed by atoms with E-state index in [1.54, 1.807) is 6.92 Å². The Kier molecular flexibility index (Phi) is 4.70. The number of hydrogen-bond acceptors (Lipinski definition) is 6. The van der Waals surface area contributed by atoms with Crippen LogP contribution in [0.3, 0.4) is 0 Å². The second kappa shape index (κ2) is 6.89. The number of aryl methyl sites for hydroxylation is 1. The third-order valence-electron chi connectivity index (χ3n) is 3.72. The topological polar surface area (TPSA) is 63.4 Å². The Bertz CT molecular complexity index is 596. The molecule has 1 N–H and O–H groups in total. The highest BCUT2D eigenvalue weighted by Gasteiger charge is 2.15. The molecule has 1 unspecified atom stereocenters. The fourth-order valence-corrected chi connectivity index (χ4v) is 2.65. The van der Waals surface area contributed by atoms with Crippen molar-refractivity contribution in [2.24, 2.45) is 0 Å². The molecule has 0 aliphatic carbocycles. The molecule has 0 saturated carbocycles. The molecular weight excluding hydrogens is 280 g/mol. The molecule has 3 rings (SSSR count). The second-order valence-electron chi connectivity index (χ2n) is 5.75. The van der Waals surface area contributed by atoms with Gasteiger partial charge in [0.05, 0.1) is 0 Å². The number of hydrogen-bond donors (Lipinski definition) is 1. The normalized spacial score (nSPS) is 19.3. The van der Waals surface area contributed by atoms with E-state index < -0.39 is 0 Å². The Balaban J connectivity index is 1.51. The molecule has 1 aliphatic rings. The van der Waals surface area contributed by atoms with Crippen LogP contribution < -0.4 is 10.1 Å². The van der Waals surface area contributed by atoms with Crippen LogP contribution in [0.25, 0.3) is 0 Å². The minimum absolute atomic E-state index is 0.325. The van der Waals surface area contributed by atoms with Gasteiger partial charge in [-0.05, 0) is 24.6 Å². The van der Waals surface area contributed by atoms with Crippen molar-refractivity contribution in [3.8, 4) is 5.75 Å². The summed E-state index contributed by atoms with van der Waals surface area (Å²) < 4.78 is 10.6. The van der Waals surface area contributed by atoms with Gasteiger partial charge in [0, 0.05) is 39.1 Å². The average Bonchev–Trinajstić information content (AvgIpc) is 2.92. The van der Waals surface area contributed by atoms with Crippen LogP contribution in [0, 0.1) is 6.92 Å². The Hall–Kier alpha value is -1.92. The maximum atomic E-state index is 5.66. The molecule has 2 heterocycles. The van der Waals surface area contributed by atoms with E-state index in [-0.39, 0.29) is 0 Å². The summed E-state index contributed by atoms with van der Waals surface area (Å²) in [7, 11) is 0. The van der Waals surface area contributed by atoms with Gasteiger partial charge in [-0.3, -0.25) is 4.90 Å².